The molecule has 1 amide bonds. The summed E-state index contributed by atoms with van der Waals surface area (Å²) >= 11 is 1.22. The van der Waals surface area contributed by atoms with Gasteiger partial charge in [-0.3, -0.25) is 24.0 Å². The Morgan fingerprint density at radius 2 is 1.88 bits per heavy atom. The molecule has 0 radical (unpaired) electrons. The highest BCUT2D eigenvalue weighted by atomic mass is 32.1. The van der Waals surface area contributed by atoms with Gasteiger partial charge in [-0.1, -0.05) is 17.4 Å². The van der Waals surface area contributed by atoms with Crippen molar-refractivity contribution in [3.63, 3.8) is 0 Å². The molecule has 0 bridgehead atoms. The third-order valence-corrected chi connectivity index (χ3v) is 5.89. The zero-order valence-corrected chi connectivity index (χ0v) is 19.6. The Kier molecular flexibility index (Phi) is 6.68. The summed E-state index contributed by atoms with van der Waals surface area (Å²) in [6.45, 7) is 1.55. The Hall–Kier alpha value is -4.06. The molecule has 1 N–H and O–H groups in total. The number of amides is 1. The van der Waals surface area contributed by atoms with Crippen molar-refractivity contribution in [1.29, 1.82) is 0 Å². The van der Waals surface area contributed by atoms with Crippen molar-refractivity contribution in [1.82, 2.24) is 24.3 Å². The van der Waals surface area contributed by atoms with E-state index in [0.29, 0.717) is 28.1 Å². The third kappa shape index (κ3) is 4.66. The number of carbonyl (C=O) groups excluding carboxylic acids is 1. The fourth-order valence-corrected chi connectivity index (χ4v) is 4.13. The van der Waals surface area contributed by atoms with Gasteiger partial charge in [-0.2, -0.15) is 0 Å². The summed E-state index contributed by atoms with van der Waals surface area (Å²) in [5.74, 6) is 0.666. The van der Waals surface area contributed by atoms with E-state index in [1.165, 1.54) is 29.2 Å². The lowest BCUT2D eigenvalue weighted by atomic mass is 10.1. The normalized spacial score (nSPS) is 10.9. The van der Waals surface area contributed by atoms with E-state index < -0.39 is 17.2 Å². The number of fused-ring (bicyclic) bond motifs is 1. The highest BCUT2D eigenvalue weighted by Crippen LogP contribution is 2.27. The van der Waals surface area contributed by atoms with E-state index in [4.69, 9.17) is 9.47 Å². The summed E-state index contributed by atoms with van der Waals surface area (Å²) in [5, 5.41) is 11.4. The van der Waals surface area contributed by atoms with E-state index >= 15 is 0 Å². The average molecular weight is 483 g/mol. The number of nitrogens with one attached hydrogen (secondary N) is 1. The number of pyridine rings is 1. The molecule has 0 unspecified atom stereocenters. The van der Waals surface area contributed by atoms with Crippen molar-refractivity contribution in [3.8, 4) is 11.5 Å². The van der Waals surface area contributed by atoms with E-state index in [1.807, 2.05) is 6.07 Å². The summed E-state index contributed by atoms with van der Waals surface area (Å²) < 4.78 is 12.9. The van der Waals surface area contributed by atoms with Gasteiger partial charge in [0.15, 0.2) is 17.0 Å². The molecule has 3 heterocycles. The van der Waals surface area contributed by atoms with Gasteiger partial charge < -0.3 is 9.47 Å². The van der Waals surface area contributed by atoms with Crippen LogP contribution in [0.5, 0.6) is 11.5 Å². The first-order valence-electron chi connectivity index (χ1n) is 10.3. The number of nitrogens with zero attached hydrogens (tertiary/aromatic N) is 5. The second kappa shape index (κ2) is 9.83. The van der Waals surface area contributed by atoms with Crippen LogP contribution in [0.4, 0.5) is 5.13 Å². The van der Waals surface area contributed by atoms with Crippen molar-refractivity contribution in [3.05, 3.63) is 67.9 Å². The van der Waals surface area contributed by atoms with Crippen LogP contribution in [-0.4, -0.2) is 44.4 Å². The molecule has 0 aliphatic carbocycles. The molecule has 4 aromatic rings. The zero-order chi connectivity index (χ0) is 24.2. The van der Waals surface area contributed by atoms with Crippen LogP contribution in [0.15, 0.2) is 46.1 Å². The Bertz CT molecular complexity index is 1470. The van der Waals surface area contributed by atoms with Crippen LogP contribution < -0.4 is 26.0 Å². The third-order valence-electron chi connectivity index (χ3n) is 5.13. The number of benzene rings is 1. The fourth-order valence-electron chi connectivity index (χ4n) is 3.52. The van der Waals surface area contributed by atoms with Crippen LogP contribution in [0.3, 0.4) is 0 Å². The number of rotatable bonds is 8. The SMILES string of the molecule is COc1ccc(CCn2c(=O)c3ncccc3n(CC(=O)Nc3nnc(C)s3)c2=O)cc1OC. The molecular weight excluding hydrogens is 460 g/mol. The van der Waals surface area contributed by atoms with Gasteiger partial charge >= 0.3 is 5.69 Å². The molecule has 12 heteroatoms. The van der Waals surface area contributed by atoms with Gasteiger partial charge in [0, 0.05) is 12.7 Å². The van der Waals surface area contributed by atoms with E-state index in [-0.39, 0.29) is 24.1 Å². The van der Waals surface area contributed by atoms with Gasteiger partial charge in [-0.25, -0.2) is 9.78 Å². The molecule has 0 saturated heterocycles. The summed E-state index contributed by atoms with van der Waals surface area (Å²) in [7, 11) is 3.08. The molecule has 0 saturated carbocycles. The molecule has 0 fully saturated rings. The first-order valence-corrected chi connectivity index (χ1v) is 11.1. The first kappa shape index (κ1) is 23.1. The molecule has 0 aliphatic heterocycles. The van der Waals surface area contributed by atoms with E-state index in [2.05, 4.69) is 20.5 Å². The minimum absolute atomic E-state index is 0.0941. The van der Waals surface area contributed by atoms with Gasteiger partial charge in [0.1, 0.15) is 11.6 Å². The maximum atomic E-state index is 13.3. The lowest BCUT2D eigenvalue weighted by Gasteiger charge is -2.14. The van der Waals surface area contributed by atoms with E-state index in [9.17, 15) is 14.4 Å². The average Bonchev–Trinajstić information content (AvgIpc) is 3.25. The molecule has 0 atom stereocenters. The van der Waals surface area contributed by atoms with Crippen LogP contribution in [0.2, 0.25) is 0 Å². The van der Waals surface area contributed by atoms with Crippen molar-refractivity contribution < 1.29 is 14.3 Å². The molecule has 4 rings (SSSR count). The van der Waals surface area contributed by atoms with Crippen molar-refractivity contribution in [2.24, 2.45) is 0 Å². The summed E-state index contributed by atoms with van der Waals surface area (Å²) in [4.78, 5) is 43.1. The standard InChI is InChI=1S/C22H22N6O5S/c1-13-25-26-21(34-13)24-18(29)12-28-15-5-4-9-23-19(15)20(30)27(22(28)31)10-8-14-6-7-16(32-2)17(11-14)33-3/h4-7,9,11H,8,10,12H2,1-3H3,(H,24,26,29). The van der Waals surface area contributed by atoms with Crippen LogP contribution in [-0.2, 0) is 24.3 Å². The van der Waals surface area contributed by atoms with Crippen LogP contribution in [0.1, 0.15) is 10.6 Å². The van der Waals surface area contributed by atoms with Crippen LogP contribution in [0, 0.1) is 6.92 Å². The van der Waals surface area contributed by atoms with E-state index in [0.717, 1.165) is 10.1 Å². The molecule has 1 aromatic carbocycles. The van der Waals surface area contributed by atoms with Gasteiger partial charge in [-0.15, -0.1) is 10.2 Å². The smallest absolute Gasteiger partial charge is 0.332 e. The van der Waals surface area contributed by atoms with Crippen molar-refractivity contribution >= 4 is 33.4 Å². The Morgan fingerprint density at radius 3 is 2.59 bits per heavy atom. The monoisotopic (exact) mass is 482 g/mol. The summed E-state index contributed by atoms with van der Waals surface area (Å²) in [5.41, 5.74) is 0.116. The van der Waals surface area contributed by atoms with Crippen molar-refractivity contribution in [2.45, 2.75) is 26.4 Å². The quantitative estimate of drug-likeness (QED) is 0.401. The predicted molar refractivity (Wildman–Crippen MR) is 127 cm³/mol. The maximum Gasteiger partial charge on any atom is 0.332 e. The minimum Gasteiger partial charge on any atom is -0.493 e. The van der Waals surface area contributed by atoms with Gasteiger partial charge in [0.25, 0.3) is 5.56 Å². The largest absolute Gasteiger partial charge is 0.493 e. The molecule has 34 heavy (non-hydrogen) atoms. The molecule has 0 aliphatic rings. The zero-order valence-electron chi connectivity index (χ0n) is 18.8. The van der Waals surface area contributed by atoms with E-state index in [1.54, 1.807) is 38.3 Å². The topological polar surface area (TPSA) is 130 Å². The van der Waals surface area contributed by atoms with Crippen molar-refractivity contribution in [2.75, 3.05) is 19.5 Å². The number of ether oxygens (including phenoxy) is 2. The second-order valence-electron chi connectivity index (χ2n) is 7.31. The molecule has 0 spiro atoms. The number of methoxy groups -OCH3 is 2. The number of aryl methyl sites for hydroxylation is 2. The number of carbonyl (C=O) groups is 1. The number of hydrogen-bond donors (Lipinski definition) is 1. The van der Waals surface area contributed by atoms with Crippen LogP contribution in [0.25, 0.3) is 11.0 Å². The summed E-state index contributed by atoms with van der Waals surface area (Å²) in [6, 6.07) is 8.58. The minimum atomic E-state index is -0.602. The molecular formula is C22H22N6O5S. The highest BCUT2D eigenvalue weighted by molar-refractivity contribution is 7.15. The lowest BCUT2D eigenvalue weighted by Crippen LogP contribution is -2.42. The number of hydrogen-bond acceptors (Lipinski definition) is 9. The lowest BCUT2D eigenvalue weighted by molar-refractivity contribution is -0.116. The second-order valence-corrected chi connectivity index (χ2v) is 8.49. The Balaban J connectivity index is 1.67. The first-order chi connectivity index (χ1) is 16.4. The molecule has 11 nitrogen and oxygen atoms in total. The van der Waals surface area contributed by atoms with Gasteiger partial charge in [0.05, 0.1) is 19.7 Å². The van der Waals surface area contributed by atoms with Crippen LogP contribution >= 0.6 is 11.3 Å². The number of aromatic nitrogens is 5. The van der Waals surface area contributed by atoms with Gasteiger partial charge in [0.2, 0.25) is 11.0 Å². The maximum absolute atomic E-state index is 13.3. The number of anilines is 1. The Morgan fingerprint density at radius 1 is 1.09 bits per heavy atom. The molecule has 176 valence electrons. The fraction of sp³-hybridized carbons (Fsp3) is 0.273. The Labute approximate surface area is 197 Å². The van der Waals surface area contributed by atoms with Gasteiger partial charge in [-0.05, 0) is 43.2 Å². The predicted octanol–water partition coefficient (Wildman–Crippen LogP) is 1.62. The highest BCUT2D eigenvalue weighted by Gasteiger charge is 2.17. The molecule has 3 aromatic heterocycles. The summed E-state index contributed by atoms with van der Waals surface area (Å²) in [6.07, 6.45) is 1.85.